The minimum atomic E-state index is -0.0276. The van der Waals surface area contributed by atoms with Crippen LogP contribution in [0.15, 0.2) is 36.4 Å². The number of methoxy groups -OCH3 is 1. The Bertz CT molecular complexity index is 722. The average molecular weight is 373 g/mol. The fourth-order valence-electron chi connectivity index (χ4n) is 2.28. The second-order valence-corrected chi connectivity index (χ2v) is 7.10. The molecule has 0 saturated heterocycles. The van der Waals surface area contributed by atoms with E-state index in [0.717, 1.165) is 29.5 Å². The number of halogens is 1. The topological polar surface area (TPSA) is 35.5 Å². The number of hydrogen-bond acceptors (Lipinski definition) is 3. The number of ether oxygens (including phenoxy) is 2. The van der Waals surface area contributed by atoms with E-state index in [1.807, 2.05) is 25.1 Å². The minimum absolute atomic E-state index is 0. The van der Waals surface area contributed by atoms with Gasteiger partial charge in [0, 0.05) is 0 Å². The normalized spacial score (nSPS) is 10.6. The molecule has 1 unspecified atom stereocenters. The molecule has 0 radical (unpaired) electrons. The van der Waals surface area contributed by atoms with Gasteiger partial charge >= 0.3 is 18.9 Å². The molecule has 0 amide bonds. The Morgan fingerprint density at radius 1 is 1.24 bits per heavy atom. The van der Waals surface area contributed by atoms with Gasteiger partial charge in [0.05, 0.1) is 24.3 Å². The summed E-state index contributed by atoms with van der Waals surface area (Å²) in [6, 6.07) is 11.1. The maximum atomic E-state index is 12.7. The summed E-state index contributed by atoms with van der Waals surface area (Å²) in [5, 5.41) is 1.41. The first-order valence-electron chi connectivity index (χ1n) is 7.94. The number of rotatable bonds is 8. The molecule has 6 heteroatoms. The van der Waals surface area contributed by atoms with Crippen molar-refractivity contribution in [1.29, 1.82) is 0 Å². The van der Waals surface area contributed by atoms with E-state index in [-0.39, 0.29) is 33.0 Å². The monoisotopic (exact) mass is 372 g/mol. The summed E-state index contributed by atoms with van der Waals surface area (Å²) in [6.45, 7) is 4.84. The fraction of sp³-hybridized carbons (Fsp3) is 0.316. The van der Waals surface area contributed by atoms with Crippen molar-refractivity contribution in [2.24, 2.45) is 0 Å². The molecule has 0 aliphatic carbocycles. The van der Waals surface area contributed by atoms with Crippen LogP contribution in [0, 0.1) is 6.92 Å². The van der Waals surface area contributed by atoms with Crippen LogP contribution < -0.4 is 14.8 Å². The van der Waals surface area contributed by atoms with Gasteiger partial charge in [-0.1, -0.05) is 37.1 Å². The Hall–Kier alpha value is -0.973. The second-order valence-electron chi connectivity index (χ2n) is 5.45. The van der Waals surface area contributed by atoms with Crippen LogP contribution in [0.3, 0.4) is 0 Å². The van der Waals surface area contributed by atoms with Gasteiger partial charge in [-0.15, -0.1) is 0 Å². The van der Waals surface area contributed by atoms with E-state index in [2.05, 4.69) is 6.92 Å². The molecule has 0 fully saturated rings. The van der Waals surface area contributed by atoms with E-state index in [0.29, 0.717) is 22.9 Å². The first-order chi connectivity index (χ1) is 11.6. The molecular weight excluding hydrogens is 350 g/mol. The van der Waals surface area contributed by atoms with Crippen LogP contribution in [0.4, 0.5) is 0 Å². The molecule has 2 rings (SSSR count). The molecule has 1 atom stereocenters. The molecule has 25 heavy (non-hydrogen) atoms. The van der Waals surface area contributed by atoms with Gasteiger partial charge in [0.15, 0.2) is 5.52 Å². The number of carbonyl (C=O) groups is 1. The van der Waals surface area contributed by atoms with Crippen molar-refractivity contribution < 1.29 is 14.3 Å². The third kappa shape index (κ3) is 6.05. The zero-order chi connectivity index (χ0) is 17.5. The van der Waals surface area contributed by atoms with Gasteiger partial charge in [0.2, 0.25) is 0 Å². The first kappa shape index (κ1) is 22.1. The van der Waals surface area contributed by atoms with Crippen LogP contribution >= 0.6 is 20.2 Å². The van der Waals surface area contributed by atoms with Crippen LogP contribution in [-0.4, -0.2) is 38.1 Å². The maximum absolute atomic E-state index is 12.7. The van der Waals surface area contributed by atoms with Crippen LogP contribution in [0.1, 0.15) is 35.7 Å². The standard InChI is InChI=1S/C19H22ClO3P.Li.H/c1-4-5-11-23-14-9-10-17(13(2)12-14)24-19(21)18-15(20)7-6-8-16(18)22-3;;/h6-10,12,24H,4-5,11H2,1-3H3;;. The van der Waals surface area contributed by atoms with E-state index < -0.39 is 0 Å². The number of aryl methyl sites for hydroxylation is 1. The number of benzene rings is 2. The molecule has 0 aliphatic heterocycles. The zero-order valence-corrected chi connectivity index (χ0v) is 15.9. The molecular formula is C19H23ClLiO3P. The predicted octanol–water partition coefficient (Wildman–Crippen LogP) is 4.33. The third-order valence-corrected chi connectivity index (χ3v) is 5.26. The van der Waals surface area contributed by atoms with Crippen molar-refractivity contribution in [2.75, 3.05) is 13.7 Å². The van der Waals surface area contributed by atoms with E-state index in [9.17, 15) is 4.79 Å². The summed E-state index contributed by atoms with van der Waals surface area (Å²) >= 11 is 6.19. The molecule has 0 aromatic heterocycles. The molecule has 0 spiro atoms. The Kier molecular flexibility index (Phi) is 9.62. The van der Waals surface area contributed by atoms with E-state index in [4.69, 9.17) is 21.1 Å². The molecule has 0 bridgehead atoms. The summed E-state index contributed by atoms with van der Waals surface area (Å²) in [6.07, 6.45) is 2.14. The van der Waals surface area contributed by atoms with Crippen LogP contribution in [0.5, 0.6) is 11.5 Å². The first-order valence-corrected chi connectivity index (χ1v) is 9.32. The molecule has 2 aromatic carbocycles. The second kappa shape index (κ2) is 10.9. The fourth-order valence-corrected chi connectivity index (χ4v) is 3.67. The predicted molar refractivity (Wildman–Crippen MR) is 109 cm³/mol. The van der Waals surface area contributed by atoms with Gasteiger partial charge in [-0.25, -0.2) is 0 Å². The molecule has 130 valence electrons. The van der Waals surface area contributed by atoms with Gasteiger partial charge in [-0.05, 0) is 57.1 Å². The number of carbonyl (C=O) groups excluding carboxylic acids is 1. The van der Waals surface area contributed by atoms with Crippen LogP contribution in [0.2, 0.25) is 5.02 Å². The molecule has 0 heterocycles. The Morgan fingerprint density at radius 2 is 2.00 bits per heavy atom. The molecule has 0 N–H and O–H groups in total. The van der Waals surface area contributed by atoms with E-state index in [1.165, 1.54) is 0 Å². The molecule has 0 aliphatic rings. The van der Waals surface area contributed by atoms with Gasteiger partial charge in [-0.3, -0.25) is 4.79 Å². The van der Waals surface area contributed by atoms with Gasteiger partial charge in [-0.2, -0.15) is 0 Å². The Labute approximate surface area is 168 Å². The zero-order valence-electron chi connectivity index (χ0n) is 14.2. The number of unbranched alkanes of at least 4 members (excludes halogenated alkanes) is 1. The summed E-state index contributed by atoms with van der Waals surface area (Å²) in [7, 11) is 1.53. The Morgan fingerprint density at radius 3 is 2.64 bits per heavy atom. The quantitative estimate of drug-likeness (QED) is 0.393. The van der Waals surface area contributed by atoms with Gasteiger partial charge in [0.25, 0.3) is 0 Å². The van der Waals surface area contributed by atoms with Crippen molar-refractivity contribution in [1.82, 2.24) is 0 Å². The summed E-state index contributed by atoms with van der Waals surface area (Å²) in [5.41, 5.74) is 1.46. The summed E-state index contributed by atoms with van der Waals surface area (Å²) in [5.74, 6) is 1.36. The third-order valence-electron chi connectivity index (χ3n) is 3.64. The summed E-state index contributed by atoms with van der Waals surface area (Å²) < 4.78 is 11.0. The van der Waals surface area contributed by atoms with Crippen molar-refractivity contribution in [3.63, 3.8) is 0 Å². The van der Waals surface area contributed by atoms with Crippen molar-refractivity contribution in [3.05, 3.63) is 52.5 Å². The van der Waals surface area contributed by atoms with Crippen LogP contribution in [0.25, 0.3) is 0 Å². The van der Waals surface area contributed by atoms with E-state index in [1.54, 1.807) is 25.3 Å². The van der Waals surface area contributed by atoms with Gasteiger partial charge < -0.3 is 9.47 Å². The van der Waals surface area contributed by atoms with Crippen molar-refractivity contribution in [2.45, 2.75) is 26.7 Å². The molecule has 0 saturated carbocycles. The Balaban J connectivity index is 0.00000312. The van der Waals surface area contributed by atoms with Crippen LogP contribution in [-0.2, 0) is 0 Å². The van der Waals surface area contributed by atoms with Crippen molar-refractivity contribution >= 4 is 49.9 Å². The molecule has 3 nitrogen and oxygen atoms in total. The SMILES string of the molecule is CCCCOc1ccc(PC(=O)c2c(Cl)cccc2OC)c(C)c1.[LiH]. The van der Waals surface area contributed by atoms with E-state index >= 15 is 0 Å². The summed E-state index contributed by atoms with van der Waals surface area (Å²) in [4.78, 5) is 12.7. The number of hydrogen-bond donors (Lipinski definition) is 0. The average Bonchev–Trinajstić information content (AvgIpc) is 2.57. The van der Waals surface area contributed by atoms with Crippen molar-refractivity contribution in [3.8, 4) is 11.5 Å². The van der Waals surface area contributed by atoms with Gasteiger partial charge in [0.1, 0.15) is 11.5 Å². The molecule has 2 aromatic rings.